The second-order valence-electron chi connectivity index (χ2n) is 3.32. The number of rotatable bonds is 4. The second-order valence-corrected chi connectivity index (χ2v) is 4.30. The Labute approximate surface area is 92.0 Å². The van der Waals surface area contributed by atoms with Crippen LogP contribution in [0.25, 0.3) is 10.9 Å². The largest absolute Gasteiger partial charge is 0.369 e. The molecule has 0 aliphatic heterocycles. The Morgan fingerprint density at radius 2 is 2.20 bits per heavy atom. The number of para-hydroxylation sites is 1. The summed E-state index contributed by atoms with van der Waals surface area (Å²) in [6, 6.07) is 8.13. The average molecular weight is 220 g/mol. The molecule has 0 spiro atoms. The Kier molecular flexibility index (Phi) is 2.97. The summed E-state index contributed by atoms with van der Waals surface area (Å²) in [4.78, 5) is 13.8. The minimum absolute atomic E-state index is 0.264. The maximum atomic E-state index is 10.6. The maximum absolute atomic E-state index is 10.6. The van der Waals surface area contributed by atoms with Crippen LogP contribution in [0.1, 0.15) is 5.56 Å². The molecule has 0 aliphatic carbocycles. The van der Waals surface area contributed by atoms with Gasteiger partial charge in [-0.1, -0.05) is 18.2 Å². The van der Waals surface area contributed by atoms with Crippen LogP contribution in [-0.2, 0) is 10.5 Å². The van der Waals surface area contributed by atoms with Crippen molar-refractivity contribution in [2.24, 2.45) is 5.73 Å². The molecule has 0 radical (unpaired) electrons. The number of carbonyl (C=O) groups is 1. The fraction of sp³-hybridized carbons (Fsp3) is 0.182. The van der Waals surface area contributed by atoms with Crippen LogP contribution in [0, 0.1) is 0 Å². The van der Waals surface area contributed by atoms with Crippen LogP contribution in [0.5, 0.6) is 0 Å². The van der Waals surface area contributed by atoms with Crippen molar-refractivity contribution in [1.29, 1.82) is 0 Å². The Morgan fingerprint density at radius 3 is 3.00 bits per heavy atom. The topological polar surface area (TPSA) is 58.9 Å². The first-order valence-corrected chi connectivity index (χ1v) is 5.84. The van der Waals surface area contributed by atoms with Gasteiger partial charge >= 0.3 is 0 Å². The van der Waals surface area contributed by atoms with Crippen LogP contribution in [0.4, 0.5) is 0 Å². The lowest BCUT2D eigenvalue weighted by Gasteiger charge is -1.97. The zero-order valence-electron chi connectivity index (χ0n) is 8.19. The molecule has 78 valence electrons. The molecule has 0 aliphatic rings. The van der Waals surface area contributed by atoms with Gasteiger partial charge in [0.25, 0.3) is 0 Å². The third kappa shape index (κ3) is 2.33. The van der Waals surface area contributed by atoms with Crippen molar-refractivity contribution in [3.63, 3.8) is 0 Å². The summed E-state index contributed by atoms with van der Waals surface area (Å²) in [5, 5.41) is 1.22. The van der Waals surface area contributed by atoms with Gasteiger partial charge in [-0.2, -0.15) is 0 Å². The van der Waals surface area contributed by atoms with Crippen LogP contribution in [0.15, 0.2) is 30.5 Å². The zero-order valence-corrected chi connectivity index (χ0v) is 9.01. The first-order valence-electron chi connectivity index (χ1n) is 4.68. The highest BCUT2D eigenvalue weighted by atomic mass is 32.2. The molecule has 1 aromatic carbocycles. The van der Waals surface area contributed by atoms with Gasteiger partial charge in [0, 0.05) is 22.9 Å². The SMILES string of the molecule is NC(=O)CSCc1c[nH]c2ccccc12. The molecule has 0 fully saturated rings. The molecule has 0 saturated heterocycles. The minimum Gasteiger partial charge on any atom is -0.369 e. The number of nitrogens with two attached hydrogens (primary N) is 1. The predicted octanol–water partition coefficient (Wildman–Crippen LogP) is 1.89. The predicted molar refractivity (Wildman–Crippen MR) is 63.7 cm³/mol. The minimum atomic E-state index is -0.264. The Bertz CT molecular complexity index is 478. The van der Waals surface area contributed by atoms with Gasteiger partial charge in [-0.05, 0) is 11.6 Å². The van der Waals surface area contributed by atoms with Crippen molar-refractivity contribution in [3.05, 3.63) is 36.0 Å². The van der Waals surface area contributed by atoms with Crippen molar-refractivity contribution in [3.8, 4) is 0 Å². The summed E-state index contributed by atoms with van der Waals surface area (Å²) in [5.41, 5.74) is 7.43. The standard InChI is InChI=1S/C11H12N2OS/c12-11(14)7-15-6-8-5-13-10-4-2-1-3-9(8)10/h1-5,13H,6-7H2,(H2,12,14). The molecule has 0 saturated carbocycles. The molecule has 3 N–H and O–H groups in total. The molecule has 15 heavy (non-hydrogen) atoms. The van der Waals surface area contributed by atoms with E-state index in [1.54, 1.807) is 0 Å². The highest BCUT2D eigenvalue weighted by Crippen LogP contribution is 2.21. The van der Waals surface area contributed by atoms with E-state index >= 15 is 0 Å². The maximum Gasteiger partial charge on any atom is 0.227 e. The number of H-pyrrole nitrogens is 1. The summed E-state index contributed by atoms with van der Waals surface area (Å²) in [7, 11) is 0. The van der Waals surface area contributed by atoms with Crippen LogP contribution >= 0.6 is 11.8 Å². The molecular weight excluding hydrogens is 208 g/mol. The van der Waals surface area contributed by atoms with Crippen LogP contribution in [0.3, 0.4) is 0 Å². The zero-order chi connectivity index (χ0) is 10.7. The molecule has 0 bridgehead atoms. The van der Waals surface area contributed by atoms with E-state index in [4.69, 9.17) is 5.73 Å². The van der Waals surface area contributed by atoms with E-state index in [0.717, 1.165) is 11.3 Å². The van der Waals surface area contributed by atoms with Crippen molar-refractivity contribution in [1.82, 2.24) is 4.98 Å². The first kappa shape index (κ1) is 10.1. The summed E-state index contributed by atoms with van der Waals surface area (Å²) in [5.74, 6) is 0.923. The van der Waals surface area contributed by atoms with Crippen LogP contribution < -0.4 is 5.73 Å². The van der Waals surface area contributed by atoms with E-state index in [2.05, 4.69) is 11.1 Å². The van der Waals surface area contributed by atoms with Gasteiger partial charge in [-0.15, -0.1) is 11.8 Å². The smallest absolute Gasteiger partial charge is 0.227 e. The lowest BCUT2D eigenvalue weighted by Crippen LogP contribution is -2.13. The van der Waals surface area contributed by atoms with E-state index in [1.165, 1.54) is 22.7 Å². The number of fused-ring (bicyclic) bond motifs is 1. The number of carbonyl (C=O) groups excluding carboxylic acids is 1. The van der Waals surface area contributed by atoms with Gasteiger partial charge in [0.2, 0.25) is 5.91 Å². The van der Waals surface area contributed by atoms with Crippen molar-refractivity contribution in [2.75, 3.05) is 5.75 Å². The normalized spacial score (nSPS) is 10.7. The molecule has 0 unspecified atom stereocenters. The quantitative estimate of drug-likeness (QED) is 0.826. The lowest BCUT2D eigenvalue weighted by atomic mass is 10.2. The summed E-state index contributed by atoms with van der Waals surface area (Å²) in [6.07, 6.45) is 1.98. The number of thioether (sulfide) groups is 1. The van der Waals surface area contributed by atoms with Crippen LogP contribution in [-0.4, -0.2) is 16.6 Å². The Balaban J connectivity index is 2.11. The van der Waals surface area contributed by atoms with Gasteiger partial charge < -0.3 is 10.7 Å². The summed E-state index contributed by atoms with van der Waals surface area (Å²) in [6.45, 7) is 0. The van der Waals surface area contributed by atoms with E-state index in [0.29, 0.717) is 5.75 Å². The van der Waals surface area contributed by atoms with E-state index < -0.39 is 0 Å². The number of hydrogen-bond acceptors (Lipinski definition) is 2. The molecular formula is C11H12N2OS. The van der Waals surface area contributed by atoms with Gasteiger partial charge in [0.1, 0.15) is 0 Å². The molecule has 0 atom stereocenters. The van der Waals surface area contributed by atoms with Crippen molar-refractivity contribution in [2.45, 2.75) is 5.75 Å². The number of hydrogen-bond donors (Lipinski definition) is 2. The van der Waals surface area contributed by atoms with Crippen molar-refractivity contribution >= 4 is 28.6 Å². The molecule has 1 aromatic heterocycles. The monoisotopic (exact) mass is 220 g/mol. The van der Waals surface area contributed by atoms with Gasteiger partial charge in [0.15, 0.2) is 0 Å². The molecule has 1 amide bonds. The van der Waals surface area contributed by atoms with Crippen molar-refractivity contribution < 1.29 is 4.79 Å². The average Bonchev–Trinajstić information content (AvgIpc) is 2.62. The number of aromatic amines is 1. The number of aromatic nitrogens is 1. The Hall–Kier alpha value is -1.42. The fourth-order valence-corrected chi connectivity index (χ4v) is 2.27. The fourth-order valence-electron chi connectivity index (χ4n) is 1.51. The highest BCUT2D eigenvalue weighted by molar-refractivity contribution is 7.99. The van der Waals surface area contributed by atoms with Gasteiger partial charge in [0.05, 0.1) is 5.75 Å². The van der Waals surface area contributed by atoms with E-state index in [9.17, 15) is 4.79 Å². The van der Waals surface area contributed by atoms with E-state index in [-0.39, 0.29) is 5.91 Å². The molecule has 1 heterocycles. The number of nitrogens with one attached hydrogen (secondary N) is 1. The third-order valence-corrected chi connectivity index (χ3v) is 3.18. The molecule has 4 heteroatoms. The number of primary amides is 1. The number of amides is 1. The molecule has 2 rings (SSSR count). The third-order valence-electron chi connectivity index (χ3n) is 2.18. The summed E-state index contributed by atoms with van der Waals surface area (Å²) >= 11 is 1.54. The highest BCUT2D eigenvalue weighted by Gasteiger charge is 2.03. The number of benzene rings is 1. The van der Waals surface area contributed by atoms with Gasteiger partial charge in [-0.25, -0.2) is 0 Å². The summed E-state index contributed by atoms with van der Waals surface area (Å²) < 4.78 is 0. The first-order chi connectivity index (χ1) is 7.27. The van der Waals surface area contributed by atoms with Gasteiger partial charge in [-0.3, -0.25) is 4.79 Å². The Morgan fingerprint density at radius 1 is 1.40 bits per heavy atom. The molecule has 2 aromatic rings. The second kappa shape index (κ2) is 4.40. The lowest BCUT2D eigenvalue weighted by molar-refractivity contribution is -0.115. The van der Waals surface area contributed by atoms with E-state index in [1.807, 2.05) is 24.4 Å². The molecule has 3 nitrogen and oxygen atoms in total. The van der Waals surface area contributed by atoms with Crippen LogP contribution in [0.2, 0.25) is 0 Å².